The van der Waals surface area contributed by atoms with Crippen LogP contribution in [0.2, 0.25) is 0 Å². The predicted molar refractivity (Wildman–Crippen MR) is 107 cm³/mol. The third-order valence-corrected chi connectivity index (χ3v) is 5.33. The average Bonchev–Trinajstić information content (AvgIpc) is 3.13. The van der Waals surface area contributed by atoms with Gasteiger partial charge in [-0.05, 0) is 12.1 Å². The van der Waals surface area contributed by atoms with Gasteiger partial charge in [0.25, 0.3) is 5.56 Å². The molecule has 0 saturated carbocycles. The number of nitrogen functional groups attached to an aromatic ring is 1. The number of fused-ring (bicyclic) bond motifs is 1. The zero-order valence-electron chi connectivity index (χ0n) is 14.6. The van der Waals surface area contributed by atoms with E-state index < -0.39 is 11.5 Å². The summed E-state index contributed by atoms with van der Waals surface area (Å²) in [6.07, 6.45) is 4.62. The van der Waals surface area contributed by atoms with Gasteiger partial charge in [0, 0.05) is 37.3 Å². The largest absolute Gasteiger partial charge is 0.396 e. The van der Waals surface area contributed by atoms with Gasteiger partial charge in [-0.25, -0.2) is 4.98 Å². The summed E-state index contributed by atoms with van der Waals surface area (Å²) < 4.78 is 1.46. The molecule has 10 heteroatoms. The highest BCUT2D eigenvalue weighted by molar-refractivity contribution is 7.18. The lowest BCUT2D eigenvalue weighted by Gasteiger charge is -2.06. The minimum absolute atomic E-state index is 0.120. The number of nitrogens with two attached hydrogens (primary N) is 2. The van der Waals surface area contributed by atoms with Crippen LogP contribution >= 0.6 is 11.3 Å². The van der Waals surface area contributed by atoms with Crippen LogP contribution in [0.15, 0.2) is 46.4 Å². The quantitative estimate of drug-likeness (QED) is 0.473. The SMILES string of the molecule is Cn1cc(-c2cnc(-c3c(N)c4ncc(C(N)=O)cc4[nH]c3=O)s2)ccc1=O. The molecule has 9 nitrogen and oxygen atoms in total. The molecule has 0 atom stereocenters. The van der Waals surface area contributed by atoms with Crippen molar-refractivity contribution in [3.8, 4) is 21.0 Å². The molecule has 0 aliphatic heterocycles. The molecule has 0 aliphatic carbocycles. The van der Waals surface area contributed by atoms with Gasteiger partial charge in [-0.1, -0.05) is 0 Å². The summed E-state index contributed by atoms with van der Waals surface area (Å²) in [6, 6.07) is 4.59. The normalized spacial score (nSPS) is 11.0. The number of nitrogens with one attached hydrogen (secondary N) is 1. The maximum atomic E-state index is 12.6. The van der Waals surface area contributed by atoms with Crippen LogP contribution in [0.1, 0.15) is 10.4 Å². The Balaban J connectivity index is 1.85. The fourth-order valence-electron chi connectivity index (χ4n) is 2.81. The van der Waals surface area contributed by atoms with Crippen molar-refractivity contribution in [3.05, 3.63) is 63.1 Å². The van der Waals surface area contributed by atoms with Crippen molar-refractivity contribution in [1.82, 2.24) is 19.5 Å². The number of aromatic nitrogens is 4. The van der Waals surface area contributed by atoms with Crippen LogP contribution in [-0.2, 0) is 7.05 Å². The number of rotatable bonds is 3. The summed E-state index contributed by atoms with van der Waals surface area (Å²) in [5.41, 5.74) is 12.9. The van der Waals surface area contributed by atoms with Crippen LogP contribution in [0.4, 0.5) is 5.69 Å². The predicted octanol–water partition coefficient (Wildman–Crippen LogP) is 1.09. The Labute approximate surface area is 161 Å². The van der Waals surface area contributed by atoms with Crippen molar-refractivity contribution in [3.63, 3.8) is 0 Å². The van der Waals surface area contributed by atoms with Gasteiger partial charge in [0.15, 0.2) is 0 Å². The van der Waals surface area contributed by atoms with E-state index in [1.807, 2.05) is 0 Å². The summed E-state index contributed by atoms with van der Waals surface area (Å²) in [5, 5.41) is 0.422. The second-order valence-electron chi connectivity index (χ2n) is 6.12. The number of nitrogens with zero attached hydrogens (tertiary/aromatic N) is 3. The number of aromatic amines is 1. The number of aryl methyl sites for hydroxylation is 1. The third kappa shape index (κ3) is 2.85. The van der Waals surface area contributed by atoms with E-state index >= 15 is 0 Å². The molecule has 4 aromatic heterocycles. The molecule has 140 valence electrons. The van der Waals surface area contributed by atoms with Crippen LogP contribution in [0.25, 0.3) is 32.0 Å². The highest BCUT2D eigenvalue weighted by Gasteiger charge is 2.18. The third-order valence-electron chi connectivity index (χ3n) is 4.26. The van der Waals surface area contributed by atoms with E-state index in [9.17, 15) is 14.4 Å². The first kappa shape index (κ1) is 17.6. The molecule has 28 heavy (non-hydrogen) atoms. The Morgan fingerprint density at radius 2 is 2.00 bits per heavy atom. The number of carbonyl (C=O) groups excluding carboxylic acids is 1. The number of hydrogen-bond donors (Lipinski definition) is 3. The van der Waals surface area contributed by atoms with Crippen LogP contribution < -0.4 is 22.6 Å². The van der Waals surface area contributed by atoms with E-state index in [1.54, 1.807) is 25.5 Å². The highest BCUT2D eigenvalue weighted by atomic mass is 32.1. The minimum Gasteiger partial charge on any atom is -0.396 e. The summed E-state index contributed by atoms with van der Waals surface area (Å²) >= 11 is 1.27. The molecule has 0 bridgehead atoms. The maximum absolute atomic E-state index is 12.6. The number of amides is 1. The van der Waals surface area contributed by atoms with E-state index in [0.29, 0.717) is 16.0 Å². The van der Waals surface area contributed by atoms with Crippen molar-refractivity contribution >= 4 is 34.0 Å². The smallest absolute Gasteiger partial charge is 0.260 e. The highest BCUT2D eigenvalue weighted by Crippen LogP contribution is 2.34. The lowest BCUT2D eigenvalue weighted by molar-refractivity contribution is 0.1000. The van der Waals surface area contributed by atoms with Crippen LogP contribution in [0.3, 0.4) is 0 Å². The molecule has 0 unspecified atom stereocenters. The topological polar surface area (TPSA) is 150 Å². The van der Waals surface area contributed by atoms with Crippen LogP contribution in [0.5, 0.6) is 0 Å². The molecule has 0 fully saturated rings. The van der Waals surface area contributed by atoms with Gasteiger partial charge in [0.1, 0.15) is 16.1 Å². The molecule has 0 radical (unpaired) electrons. The molecule has 0 aliphatic rings. The fourth-order valence-corrected chi connectivity index (χ4v) is 3.77. The minimum atomic E-state index is -0.653. The summed E-state index contributed by atoms with van der Waals surface area (Å²) in [4.78, 5) is 47.4. The first-order chi connectivity index (χ1) is 13.3. The van der Waals surface area contributed by atoms with Crippen LogP contribution in [0, 0.1) is 0 Å². The Morgan fingerprint density at radius 3 is 2.71 bits per heavy atom. The molecule has 0 spiro atoms. The summed E-state index contributed by atoms with van der Waals surface area (Å²) in [7, 11) is 1.66. The van der Waals surface area contributed by atoms with Gasteiger partial charge in [0.2, 0.25) is 11.5 Å². The monoisotopic (exact) mass is 394 g/mol. The Hall–Kier alpha value is -3.79. The Kier molecular flexibility index (Phi) is 4.04. The van der Waals surface area contributed by atoms with Gasteiger partial charge < -0.3 is 21.0 Å². The van der Waals surface area contributed by atoms with E-state index in [-0.39, 0.29) is 22.4 Å². The van der Waals surface area contributed by atoms with Gasteiger partial charge in [-0.15, -0.1) is 11.3 Å². The molecule has 0 aromatic carbocycles. The van der Waals surface area contributed by atoms with E-state index in [4.69, 9.17) is 11.5 Å². The molecule has 4 heterocycles. The van der Waals surface area contributed by atoms with Crippen LogP contribution in [-0.4, -0.2) is 25.4 Å². The second kappa shape index (κ2) is 6.43. The number of primary amides is 1. The maximum Gasteiger partial charge on any atom is 0.260 e. The van der Waals surface area contributed by atoms with Crippen molar-refractivity contribution in [2.75, 3.05) is 5.73 Å². The molecule has 4 aromatic rings. The zero-order valence-corrected chi connectivity index (χ0v) is 15.4. The first-order valence-corrected chi connectivity index (χ1v) is 8.91. The van der Waals surface area contributed by atoms with Gasteiger partial charge in [-0.2, -0.15) is 0 Å². The lowest BCUT2D eigenvalue weighted by atomic mass is 10.1. The number of anilines is 1. The van der Waals surface area contributed by atoms with Crippen molar-refractivity contribution < 1.29 is 4.79 Å². The molecule has 4 rings (SSSR count). The molecule has 5 N–H and O–H groups in total. The van der Waals surface area contributed by atoms with E-state index in [2.05, 4.69) is 15.0 Å². The van der Waals surface area contributed by atoms with Crippen molar-refractivity contribution in [2.24, 2.45) is 12.8 Å². The fraction of sp³-hybridized carbons (Fsp3) is 0.0556. The lowest BCUT2D eigenvalue weighted by Crippen LogP contribution is -2.15. The Bertz CT molecular complexity index is 1370. The number of pyridine rings is 3. The molecule has 1 amide bonds. The molecule has 0 saturated heterocycles. The van der Waals surface area contributed by atoms with Crippen molar-refractivity contribution in [2.45, 2.75) is 0 Å². The van der Waals surface area contributed by atoms with Gasteiger partial charge in [-0.3, -0.25) is 19.4 Å². The molecular weight excluding hydrogens is 380 g/mol. The second-order valence-corrected chi connectivity index (χ2v) is 7.15. The summed E-state index contributed by atoms with van der Waals surface area (Å²) in [6.45, 7) is 0. The summed E-state index contributed by atoms with van der Waals surface area (Å²) in [5.74, 6) is -0.653. The Morgan fingerprint density at radius 1 is 1.21 bits per heavy atom. The first-order valence-electron chi connectivity index (χ1n) is 8.09. The standard InChI is InChI=1S/C18H14N6O3S/c1-24-7-8(2-3-12(24)25)11-6-22-18(28-11)13-14(19)15-10(23-17(13)27)4-9(5-21-15)16(20)26/h2-7H,1H3,(H2,20,26)(H3,19,23,27). The zero-order chi connectivity index (χ0) is 20.0. The number of H-pyrrole nitrogens is 1. The number of hydrogen-bond acceptors (Lipinski definition) is 7. The van der Waals surface area contributed by atoms with Gasteiger partial charge in [0.05, 0.1) is 21.6 Å². The molecular formula is C18H14N6O3S. The van der Waals surface area contributed by atoms with Crippen molar-refractivity contribution in [1.29, 1.82) is 0 Å². The number of carbonyl (C=O) groups is 1. The van der Waals surface area contributed by atoms with E-state index in [0.717, 1.165) is 10.4 Å². The van der Waals surface area contributed by atoms with E-state index in [1.165, 1.54) is 34.2 Å². The van der Waals surface area contributed by atoms with Gasteiger partial charge >= 0.3 is 0 Å². The average molecular weight is 394 g/mol. The number of thiazole rings is 1.